The highest BCUT2D eigenvalue weighted by Gasteiger charge is 2.29. The molecule has 4 nitrogen and oxygen atoms in total. The lowest BCUT2D eigenvalue weighted by Gasteiger charge is -2.33. The highest BCUT2D eigenvalue weighted by atomic mass is 35.7. The van der Waals surface area contributed by atoms with Gasteiger partial charge in [0.05, 0.1) is 4.90 Å². The van der Waals surface area contributed by atoms with Gasteiger partial charge in [-0.25, -0.2) is 8.42 Å². The van der Waals surface area contributed by atoms with E-state index in [0.717, 1.165) is 18.4 Å². The van der Waals surface area contributed by atoms with Gasteiger partial charge >= 0.3 is 0 Å². The summed E-state index contributed by atoms with van der Waals surface area (Å²) in [4.78, 5) is 12.5. The fourth-order valence-electron chi connectivity index (χ4n) is 3.17. The molecule has 1 aliphatic carbocycles. The smallest absolute Gasteiger partial charge is 0.261 e. The highest BCUT2D eigenvalue weighted by Crippen LogP contribution is 2.30. The Bertz CT molecular complexity index is 691. The van der Waals surface area contributed by atoms with Gasteiger partial charge in [-0.3, -0.25) is 4.79 Å². The van der Waals surface area contributed by atoms with Gasteiger partial charge in [0.1, 0.15) is 0 Å². The highest BCUT2D eigenvalue weighted by molar-refractivity contribution is 8.13. The van der Waals surface area contributed by atoms with Crippen LogP contribution in [0.4, 0.5) is 0 Å². The second kappa shape index (κ2) is 5.61. The number of benzene rings is 1. The molecule has 0 spiro atoms. The maximum atomic E-state index is 12.4. The predicted molar refractivity (Wildman–Crippen MR) is 83.3 cm³/mol. The molecule has 0 unspecified atom stereocenters. The number of aryl methyl sites for hydroxylation is 2. The van der Waals surface area contributed by atoms with Crippen molar-refractivity contribution in [3.63, 3.8) is 0 Å². The summed E-state index contributed by atoms with van der Waals surface area (Å²) in [5.41, 5.74) is 2.17. The molecular weight excluding hydrogens is 310 g/mol. The number of carbonyl (C=O) groups excluding carboxylic acids is 1. The fraction of sp³-hybridized carbons (Fsp3) is 0.533. The molecule has 0 radical (unpaired) electrons. The van der Waals surface area contributed by atoms with Crippen LogP contribution in [0.25, 0.3) is 0 Å². The van der Waals surface area contributed by atoms with E-state index in [-0.39, 0.29) is 16.8 Å². The first-order valence-corrected chi connectivity index (χ1v) is 9.28. The van der Waals surface area contributed by atoms with E-state index in [9.17, 15) is 13.2 Å². The number of amides is 1. The van der Waals surface area contributed by atoms with Crippen molar-refractivity contribution in [3.05, 3.63) is 28.3 Å². The van der Waals surface area contributed by atoms with Gasteiger partial charge in [0.25, 0.3) is 15.0 Å². The lowest BCUT2D eigenvalue weighted by Crippen LogP contribution is -2.43. The quantitative estimate of drug-likeness (QED) is 0.867. The summed E-state index contributed by atoms with van der Waals surface area (Å²) in [6.07, 6.45) is 1.94. The lowest BCUT2D eigenvalue weighted by molar-refractivity contribution is 0.0894. The molecule has 1 amide bonds. The topological polar surface area (TPSA) is 63.2 Å². The molecule has 0 aromatic heterocycles. The number of hydrogen-bond acceptors (Lipinski definition) is 3. The van der Waals surface area contributed by atoms with E-state index < -0.39 is 9.05 Å². The Morgan fingerprint density at radius 1 is 1.24 bits per heavy atom. The van der Waals surface area contributed by atoms with E-state index in [1.54, 1.807) is 19.9 Å². The van der Waals surface area contributed by atoms with E-state index in [1.807, 2.05) is 6.92 Å². The van der Waals surface area contributed by atoms with Crippen molar-refractivity contribution in [2.45, 2.75) is 51.5 Å². The first kappa shape index (κ1) is 16.3. The third-order valence-corrected chi connectivity index (χ3v) is 5.66. The first-order valence-electron chi connectivity index (χ1n) is 6.97. The van der Waals surface area contributed by atoms with Crippen LogP contribution in [-0.2, 0) is 9.05 Å². The summed E-state index contributed by atoms with van der Waals surface area (Å²) in [5.74, 6) is 0.415. The van der Waals surface area contributed by atoms with Crippen molar-refractivity contribution in [2.24, 2.45) is 5.92 Å². The average Bonchev–Trinajstić information content (AvgIpc) is 2.23. The molecule has 116 valence electrons. The van der Waals surface area contributed by atoms with E-state index in [0.29, 0.717) is 22.6 Å². The van der Waals surface area contributed by atoms with Crippen molar-refractivity contribution in [2.75, 3.05) is 0 Å². The Labute approximate surface area is 130 Å². The van der Waals surface area contributed by atoms with Crippen LogP contribution in [0.2, 0.25) is 0 Å². The van der Waals surface area contributed by atoms with Gasteiger partial charge in [-0.05, 0) is 56.2 Å². The van der Waals surface area contributed by atoms with Crippen LogP contribution in [0.1, 0.15) is 46.8 Å². The lowest BCUT2D eigenvalue weighted by atomic mass is 9.81. The molecule has 0 bridgehead atoms. The van der Waals surface area contributed by atoms with Crippen LogP contribution in [0, 0.1) is 26.7 Å². The van der Waals surface area contributed by atoms with Crippen LogP contribution in [0.3, 0.4) is 0 Å². The van der Waals surface area contributed by atoms with Crippen molar-refractivity contribution < 1.29 is 13.2 Å². The Hall–Kier alpha value is -1.07. The van der Waals surface area contributed by atoms with Crippen LogP contribution in [-0.4, -0.2) is 20.4 Å². The Balaban J connectivity index is 2.41. The van der Waals surface area contributed by atoms with Crippen LogP contribution in [0.5, 0.6) is 0 Å². The van der Waals surface area contributed by atoms with Gasteiger partial charge in [-0.15, -0.1) is 0 Å². The summed E-state index contributed by atoms with van der Waals surface area (Å²) in [6, 6.07) is 1.88. The molecule has 1 aromatic carbocycles. The molecule has 21 heavy (non-hydrogen) atoms. The normalized spacial score (nSPS) is 21.8. The molecule has 0 atom stereocenters. The van der Waals surface area contributed by atoms with E-state index in [4.69, 9.17) is 10.7 Å². The minimum absolute atomic E-state index is 0.0434. The summed E-state index contributed by atoms with van der Waals surface area (Å²) in [7, 11) is 1.63. The predicted octanol–water partition coefficient (Wildman–Crippen LogP) is 3.07. The molecule has 1 aromatic rings. The molecule has 0 heterocycles. The molecule has 1 fully saturated rings. The molecule has 1 aliphatic rings. The Morgan fingerprint density at radius 2 is 1.81 bits per heavy atom. The fourth-order valence-corrected chi connectivity index (χ4v) is 4.79. The summed E-state index contributed by atoms with van der Waals surface area (Å²) >= 11 is 0. The van der Waals surface area contributed by atoms with Crippen LogP contribution < -0.4 is 5.32 Å². The van der Waals surface area contributed by atoms with E-state index in [1.165, 1.54) is 0 Å². The standard InChI is InChI=1S/C15H20ClNO3S/c1-8-5-12(6-8)17-15(18)13-9(2)7-10(3)14(11(13)4)21(16,19)20/h7-8,12H,5-6H2,1-4H3,(H,17,18). The van der Waals surface area contributed by atoms with Gasteiger partial charge in [-0.2, -0.15) is 0 Å². The number of nitrogens with one attached hydrogen (secondary N) is 1. The molecule has 1 N–H and O–H groups in total. The zero-order chi connectivity index (χ0) is 15.9. The van der Waals surface area contributed by atoms with E-state index in [2.05, 4.69) is 12.2 Å². The monoisotopic (exact) mass is 329 g/mol. The van der Waals surface area contributed by atoms with Crippen molar-refractivity contribution in [1.82, 2.24) is 5.32 Å². The summed E-state index contributed by atoms with van der Waals surface area (Å²) < 4.78 is 23.5. The van der Waals surface area contributed by atoms with Crippen LogP contribution >= 0.6 is 10.7 Å². The molecule has 1 saturated carbocycles. The minimum atomic E-state index is -3.87. The number of halogens is 1. The number of rotatable bonds is 3. The Kier molecular flexibility index (Phi) is 4.36. The molecule has 0 aliphatic heterocycles. The maximum absolute atomic E-state index is 12.4. The number of carbonyl (C=O) groups is 1. The molecule has 2 rings (SSSR count). The first-order chi connectivity index (χ1) is 9.61. The van der Waals surface area contributed by atoms with Gasteiger partial charge in [-0.1, -0.05) is 13.0 Å². The summed E-state index contributed by atoms with van der Waals surface area (Å²) in [6.45, 7) is 7.27. The van der Waals surface area contributed by atoms with Crippen LogP contribution in [0.15, 0.2) is 11.0 Å². The molecule has 0 saturated heterocycles. The Morgan fingerprint density at radius 3 is 2.29 bits per heavy atom. The average molecular weight is 330 g/mol. The second-order valence-corrected chi connectivity index (χ2v) is 8.53. The molecular formula is C15H20ClNO3S. The maximum Gasteiger partial charge on any atom is 0.261 e. The number of hydrogen-bond donors (Lipinski definition) is 1. The van der Waals surface area contributed by atoms with Crippen molar-refractivity contribution in [1.29, 1.82) is 0 Å². The third-order valence-electron chi connectivity index (χ3n) is 4.08. The molecule has 6 heteroatoms. The third kappa shape index (κ3) is 3.24. The zero-order valence-corrected chi connectivity index (χ0v) is 14.2. The zero-order valence-electron chi connectivity index (χ0n) is 12.7. The van der Waals surface area contributed by atoms with Gasteiger partial charge in [0.15, 0.2) is 0 Å². The van der Waals surface area contributed by atoms with E-state index >= 15 is 0 Å². The largest absolute Gasteiger partial charge is 0.349 e. The van der Waals surface area contributed by atoms with Crippen molar-refractivity contribution in [3.8, 4) is 0 Å². The SMILES string of the molecule is Cc1cc(C)c(S(=O)(=O)Cl)c(C)c1C(=O)NC1CC(C)C1. The van der Waals surface area contributed by atoms with Gasteiger partial charge < -0.3 is 5.32 Å². The minimum Gasteiger partial charge on any atom is -0.349 e. The van der Waals surface area contributed by atoms with Crippen molar-refractivity contribution >= 4 is 25.6 Å². The van der Waals surface area contributed by atoms with Gasteiger partial charge in [0.2, 0.25) is 0 Å². The van der Waals surface area contributed by atoms with Gasteiger partial charge in [0, 0.05) is 22.3 Å². The second-order valence-electron chi connectivity index (χ2n) is 6.02. The summed E-state index contributed by atoms with van der Waals surface area (Å²) in [5, 5.41) is 2.97.